The minimum absolute atomic E-state index is 0. The summed E-state index contributed by atoms with van der Waals surface area (Å²) in [6.07, 6.45) is 0. The maximum atomic E-state index is 10.6. The molecule has 1 aliphatic rings. The number of rotatable bonds is 8. The summed E-state index contributed by atoms with van der Waals surface area (Å²) < 4.78 is -1.07. The first-order chi connectivity index (χ1) is 9.17. The summed E-state index contributed by atoms with van der Waals surface area (Å²) in [5.41, 5.74) is 0. The van der Waals surface area contributed by atoms with E-state index in [1.807, 2.05) is 11.8 Å². The van der Waals surface area contributed by atoms with Crippen molar-refractivity contribution in [3.63, 3.8) is 0 Å². The van der Waals surface area contributed by atoms with Crippen LogP contribution in [0.4, 0.5) is 0 Å². The van der Waals surface area contributed by atoms with Gasteiger partial charge >= 0.3 is 23.9 Å². The molecule has 1 saturated heterocycles. The van der Waals surface area contributed by atoms with Gasteiger partial charge in [0.05, 0.1) is 0 Å². The summed E-state index contributed by atoms with van der Waals surface area (Å²) >= 11 is 2.00. The monoisotopic (exact) mass is 327 g/mol. The molecule has 0 spiro atoms. The molecule has 122 valence electrons. The van der Waals surface area contributed by atoms with Crippen LogP contribution in [0.3, 0.4) is 0 Å². The van der Waals surface area contributed by atoms with Crippen LogP contribution in [0.2, 0.25) is 0 Å². The van der Waals surface area contributed by atoms with Crippen LogP contribution >= 0.6 is 11.8 Å². The predicted molar refractivity (Wildman–Crippen MR) is 72.6 cm³/mol. The van der Waals surface area contributed by atoms with E-state index >= 15 is 0 Å². The van der Waals surface area contributed by atoms with Gasteiger partial charge in [-0.05, 0) is 0 Å². The van der Waals surface area contributed by atoms with Crippen LogP contribution in [0.1, 0.15) is 0 Å². The van der Waals surface area contributed by atoms with E-state index in [1.165, 1.54) is 11.5 Å². The van der Waals surface area contributed by atoms with Crippen molar-refractivity contribution in [1.29, 1.82) is 0 Å². The SMILES string of the molecule is C1CS1.N.O=C(O)C[N+](CC(=O)O)(CC(=O)O)CC(=O)O. The van der Waals surface area contributed by atoms with Crippen LogP contribution in [-0.2, 0) is 19.2 Å². The number of carboxylic acid groups (broad SMARTS) is 4. The summed E-state index contributed by atoms with van der Waals surface area (Å²) in [7, 11) is 0. The Hall–Kier alpha value is -1.85. The van der Waals surface area contributed by atoms with Gasteiger partial charge in [0.15, 0.2) is 26.2 Å². The topological polar surface area (TPSA) is 184 Å². The molecule has 1 fully saturated rings. The highest BCUT2D eigenvalue weighted by molar-refractivity contribution is 8.06. The molecule has 0 atom stereocenters. The van der Waals surface area contributed by atoms with E-state index in [4.69, 9.17) is 20.4 Å². The van der Waals surface area contributed by atoms with Crippen LogP contribution in [-0.4, -0.2) is 86.5 Å². The van der Waals surface area contributed by atoms with Crippen molar-refractivity contribution in [3.05, 3.63) is 0 Å². The van der Waals surface area contributed by atoms with Gasteiger partial charge in [0.2, 0.25) is 0 Å². The van der Waals surface area contributed by atoms with Gasteiger partial charge in [0.1, 0.15) is 0 Å². The minimum Gasteiger partial charge on any atom is -0.477 e. The molecule has 0 saturated carbocycles. The van der Waals surface area contributed by atoms with Crippen molar-refractivity contribution >= 4 is 35.6 Å². The zero-order chi connectivity index (χ0) is 15.8. The third-order valence-corrected chi connectivity index (χ3v) is 2.50. The Labute approximate surface area is 124 Å². The zero-order valence-electron chi connectivity index (χ0n) is 11.2. The third kappa shape index (κ3) is 12.9. The highest BCUT2D eigenvalue weighted by Gasteiger charge is 2.38. The van der Waals surface area contributed by atoms with Crippen LogP contribution in [0, 0.1) is 0 Å². The Morgan fingerprint density at radius 2 is 0.905 bits per heavy atom. The molecule has 7 N–H and O–H groups in total. The van der Waals surface area contributed by atoms with Crippen molar-refractivity contribution in [1.82, 2.24) is 6.15 Å². The van der Waals surface area contributed by atoms with Crippen molar-refractivity contribution in [2.24, 2.45) is 0 Å². The maximum Gasteiger partial charge on any atom is 0.359 e. The summed E-state index contributed by atoms with van der Waals surface area (Å²) in [6, 6.07) is 0. The standard InChI is InChI=1S/C8H11NO8.C2H4S.H3N/c10-5(11)1-9(2-6(12)13,3-7(14)15)4-8(16)17;1-2-3-1;/h1-4H2,(H3-,10,11,12,13,14,15,16,17);1-2H2;1H3/p+1. The van der Waals surface area contributed by atoms with Gasteiger partial charge in [0, 0.05) is 11.5 Å². The number of thioether (sulfide) groups is 1. The molecule has 0 bridgehead atoms. The quantitative estimate of drug-likeness (QED) is 0.274. The first-order valence-electron chi connectivity index (χ1n) is 5.47. The Bertz CT molecular complexity index is 326. The smallest absolute Gasteiger partial charge is 0.359 e. The molecule has 11 heteroatoms. The average molecular weight is 327 g/mol. The molecule has 10 nitrogen and oxygen atoms in total. The van der Waals surface area contributed by atoms with Crippen LogP contribution in [0.15, 0.2) is 0 Å². The molecule has 21 heavy (non-hydrogen) atoms. The number of aliphatic carboxylic acids is 4. The van der Waals surface area contributed by atoms with Crippen molar-refractivity contribution in [2.75, 3.05) is 37.7 Å². The first kappa shape index (κ1) is 21.4. The fourth-order valence-corrected chi connectivity index (χ4v) is 1.48. The molecule has 0 radical (unpaired) electrons. The zero-order valence-corrected chi connectivity index (χ0v) is 12.0. The van der Waals surface area contributed by atoms with Gasteiger partial charge in [0.25, 0.3) is 0 Å². The summed E-state index contributed by atoms with van der Waals surface area (Å²) in [6.45, 7) is -3.54. The van der Waals surface area contributed by atoms with E-state index < -0.39 is 54.5 Å². The number of carboxylic acids is 4. The van der Waals surface area contributed by atoms with Gasteiger partial charge in [-0.15, -0.1) is 0 Å². The fourth-order valence-electron chi connectivity index (χ4n) is 1.48. The van der Waals surface area contributed by atoms with Gasteiger partial charge in [-0.3, -0.25) is 4.48 Å². The lowest BCUT2D eigenvalue weighted by atomic mass is 10.3. The predicted octanol–water partition coefficient (Wildman–Crippen LogP) is -0.963. The molecule has 0 aromatic carbocycles. The van der Waals surface area contributed by atoms with Crippen LogP contribution in [0.5, 0.6) is 0 Å². The third-order valence-electron chi connectivity index (χ3n) is 2.09. The Balaban J connectivity index is 0. The van der Waals surface area contributed by atoms with Crippen molar-refractivity contribution in [2.45, 2.75) is 0 Å². The van der Waals surface area contributed by atoms with E-state index in [-0.39, 0.29) is 6.15 Å². The average Bonchev–Trinajstić information content (AvgIpc) is 2.96. The summed E-state index contributed by atoms with van der Waals surface area (Å²) in [5, 5.41) is 34.4. The van der Waals surface area contributed by atoms with Crippen LogP contribution in [0.25, 0.3) is 0 Å². The molecule has 0 amide bonds. The summed E-state index contributed by atoms with van der Waals surface area (Å²) in [5.74, 6) is -3.02. The van der Waals surface area contributed by atoms with E-state index in [0.717, 1.165) is 0 Å². The van der Waals surface area contributed by atoms with E-state index in [1.54, 1.807) is 0 Å². The number of carbonyl (C=O) groups is 4. The second-order valence-electron chi connectivity index (χ2n) is 4.16. The van der Waals surface area contributed by atoms with Crippen molar-refractivity contribution in [3.8, 4) is 0 Å². The number of quaternary nitrogens is 1. The molecule has 0 aromatic rings. The highest BCUT2D eigenvalue weighted by Crippen LogP contribution is 2.14. The summed E-state index contributed by atoms with van der Waals surface area (Å²) in [4.78, 5) is 42.3. The van der Waals surface area contributed by atoms with Crippen LogP contribution < -0.4 is 6.15 Å². The van der Waals surface area contributed by atoms with Gasteiger partial charge < -0.3 is 26.6 Å². The molecule has 1 rings (SSSR count). The second-order valence-corrected chi connectivity index (χ2v) is 5.39. The highest BCUT2D eigenvalue weighted by atomic mass is 32.2. The van der Waals surface area contributed by atoms with E-state index in [2.05, 4.69) is 0 Å². The second kappa shape index (κ2) is 9.96. The lowest BCUT2D eigenvalue weighted by Gasteiger charge is -2.32. The number of hydrogen-bond donors (Lipinski definition) is 5. The van der Waals surface area contributed by atoms with Gasteiger partial charge in [-0.1, -0.05) is 0 Å². The molecule has 1 heterocycles. The Morgan fingerprint density at radius 3 is 1.00 bits per heavy atom. The minimum atomic E-state index is -1.46. The van der Waals surface area contributed by atoms with Gasteiger partial charge in [-0.25, -0.2) is 19.2 Å². The Kier molecular flexibility index (Phi) is 10.2. The van der Waals surface area contributed by atoms with E-state index in [9.17, 15) is 19.2 Å². The first-order valence-corrected chi connectivity index (χ1v) is 6.62. The molecule has 1 aliphatic heterocycles. The molecular formula is C10H19N2O8S+. The molecule has 0 aliphatic carbocycles. The van der Waals surface area contributed by atoms with Crippen molar-refractivity contribution < 1.29 is 44.1 Å². The number of hydrogen-bond acceptors (Lipinski definition) is 6. The normalized spacial score (nSPS) is 12.2. The molecule has 0 unspecified atom stereocenters. The number of nitrogens with zero attached hydrogens (tertiary/aromatic N) is 1. The largest absolute Gasteiger partial charge is 0.477 e. The maximum absolute atomic E-state index is 10.6. The lowest BCUT2D eigenvalue weighted by Crippen LogP contribution is -2.58. The fraction of sp³-hybridized carbons (Fsp3) is 0.600. The van der Waals surface area contributed by atoms with Gasteiger partial charge in [-0.2, -0.15) is 11.8 Å². The van der Waals surface area contributed by atoms with E-state index in [0.29, 0.717) is 0 Å². The lowest BCUT2D eigenvalue weighted by molar-refractivity contribution is -0.900. The molecular weight excluding hydrogens is 308 g/mol. The Morgan fingerprint density at radius 1 is 0.714 bits per heavy atom. The molecule has 0 aromatic heterocycles.